The SMILES string of the molecule is CCn1nc(CC(C)C)cc1C(=O)N1CCN([C@H]2CCCC[C@@H]2O)CC1. The molecule has 26 heavy (non-hydrogen) atoms. The number of carbonyl (C=O) groups is 1. The van der Waals surface area contributed by atoms with Crippen LogP contribution in [0.2, 0.25) is 0 Å². The van der Waals surface area contributed by atoms with Crippen LogP contribution in [-0.4, -0.2) is 68.9 Å². The Bertz CT molecular complexity index is 605. The largest absolute Gasteiger partial charge is 0.391 e. The number of amides is 1. The minimum Gasteiger partial charge on any atom is -0.391 e. The second-order valence-corrected chi connectivity index (χ2v) is 8.18. The molecule has 0 unspecified atom stereocenters. The minimum absolute atomic E-state index is 0.0956. The van der Waals surface area contributed by atoms with Gasteiger partial charge in [0, 0.05) is 38.8 Å². The summed E-state index contributed by atoms with van der Waals surface area (Å²) in [5, 5.41) is 14.9. The topological polar surface area (TPSA) is 61.6 Å². The lowest BCUT2D eigenvalue weighted by atomic mass is 9.91. The molecule has 2 aliphatic rings. The van der Waals surface area contributed by atoms with Gasteiger partial charge in [0.1, 0.15) is 5.69 Å². The van der Waals surface area contributed by atoms with Gasteiger partial charge in [-0.05, 0) is 38.2 Å². The number of piperazine rings is 1. The van der Waals surface area contributed by atoms with Crippen LogP contribution in [0.25, 0.3) is 0 Å². The van der Waals surface area contributed by atoms with Crippen LogP contribution in [0.3, 0.4) is 0 Å². The number of hydrogen-bond acceptors (Lipinski definition) is 4. The molecule has 1 aromatic rings. The molecule has 1 aliphatic carbocycles. The van der Waals surface area contributed by atoms with Crippen LogP contribution in [0.5, 0.6) is 0 Å². The predicted molar refractivity (Wildman–Crippen MR) is 102 cm³/mol. The second kappa shape index (κ2) is 8.53. The predicted octanol–water partition coefficient (Wildman–Crippen LogP) is 2.16. The smallest absolute Gasteiger partial charge is 0.272 e. The van der Waals surface area contributed by atoms with Crippen LogP contribution in [0.4, 0.5) is 0 Å². The summed E-state index contributed by atoms with van der Waals surface area (Å²) in [7, 11) is 0. The van der Waals surface area contributed by atoms with Gasteiger partial charge >= 0.3 is 0 Å². The molecule has 6 heteroatoms. The Morgan fingerprint density at radius 1 is 1.23 bits per heavy atom. The number of rotatable bonds is 5. The molecule has 146 valence electrons. The summed E-state index contributed by atoms with van der Waals surface area (Å²) < 4.78 is 1.84. The Hall–Kier alpha value is -1.40. The van der Waals surface area contributed by atoms with Crippen LogP contribution in [0, 0.1) is 5.92 Å². The Balaban J connectivity index is 1.62. The molecular weight excluding hydrogens is 328 g/mol. The van der Waals surface area contributed by atoms with Crippen LogP contribution in [0.15, 0.2) is 6.07 Å². The van der Waals surface area contributed by atoms with E-state index in [2.05, 4.69) is 23.8 Å². The lowest BCUT2D eigenvalue weighted by Gasteiger charge is -2.42. The third-order valence-corrected chi connectivity index (χ3v) is 5.73. The Kier molecular flexibility index (Phi) is 6.35. The Morgan fingerprint density at radius 2 is 1.92 bits per heavy atom. The molecule has 2 atom stereocenters. The van der Waals surface area contributed by atoms with Crippen molar-refractivity contribution in [3.63, 3.8) is 0 Å². The standard InChI is InChI=1S/C20H34N4O2/c1-4-24-18(14-16(21-24)13-15(2)3)20(26)23-11-9-22(10-12-23)17-7-5-6-8-19(17)25/h14-15,17,19,25H,4-13H2,1-3H3/t17-,19-/m0/s1. The highest BCUT2D eigenvalue weighted by Crippen LogP contribution is 2.24. The van der Waals surface area contributed by atoms with Gasteiger partial charge in [-0.3, -0.25) is 14.4 Å². The van der Waals surface area contributed by atoms with E-state index in [0.717, 1.165) is 57.6 Å². The van der Waals surface area contributed by atoms with Gasteiger partial charge in [0.15, 0.2) is 0 Å². The minimum atomic E-state index is -0.203. The van der Waals surface area contributed by atoms with E-state index in [0.29, 0.717) is 18.2 Å². The molecular formula is C20H34N4O2. The monoisotopic (exact) mass is 362 g/mol. The highest BCUT2D eigenvalue weighted by Gasteiger charge is 2.32. The van der Waals surface area contributed by atoms with Gasteiger partial charge in [-0.1, -0.05) is 26.7 Å². The summed E-state index contributed by atoms with van der Waals surface area (Å²) in [6.45, 7) is 10.3. The summed E-state index contributed by atoms with van der Waals surface area (Å²) in [5.74, 6) is 0.627. The zero-order valence-electron chi connectivity index (χ0n) is 16.5. The molecule has 1 amide bonds. The first-order chi connectivity index (χ1) is 12.5. The molecule has 1 saturated carbocycles. The summed E-state index contributed by atoms with van der Waals surface area (Å²) in [6.07, 6.45) is 5.03. The van der Waals surface area contributed by atoms with Crippen LogP contribution < -0.4 is 0 Å². The summed E-state index contributed by atoms with van der Waals surface area (Å²) in [6, 6.07) is 2.25. The van der Waals surface area contributed by atoms with E-state index in [1.807, 2.05) is 22.6 Å². The fourth-order valence-electron chi connectivity index (χ4n) is 4.34. The number of aryl methyl sites for hydroxylation is 1. The first-order valence-electron chi connectivity index (χ1n) is 10.3. The summed E-state index contributed by atoms with van der Waals surface area (Å²) >= 11 is 0. The molecule has 2 heterocycles. The number of aliphatic hydroxyl groups excluding tert-OH is 1. The van der Waals surface area contributed by atoms with Crippen molar-refractivity contribution in [2.24, 2.45) is 5.92 Å². The number of aromatic nitrogens is 2. The van der Waals surface area contributed by atoms with E-state index in [9.17, 15) is 9.90 Å². The molecule has 0 radical (unpaired) electrons. The number of aliphatic hydroxyl groups is 1. The third kappa shape index (κ3) is 4.29. The maximum absolute atomic E-state index is 13.0. The van der Waals surface area contributed by atoms with Gasteiger partial charge < -0.3 is 10.0 Å². The Morgan fingerprint density at radius 3 is 2.54 bits per heavy atom. The first kappa shape index (κ1) is 19.4. The van der Waals surface area contributed by atoms with Gasteiger partial charge in [-0.15, -0.1) is 0 Å². The maximum Gasteiger partial charge on any atom is 0.272 e. The van der Waals surface area contributed by atoms with E-state index in [1.54, 1.807) is 0 Å². The van der Waals surface area contributed by atoms with Crippen molar-refractivity contribution in [3.05, 3.63) is 17.5 Å². The van der Waals surface area contributed by atoms with Gasteiger partial charge in [-0.25, -0.2) is 0 Å². The van der Waals surface area contributed by atoms with Crippen LogP contribution in [0.1, 0.15) is 62.6 Å². The molecule has 1 saturated heterocycles. The molecule has 1 N–H and O–H groups in total. The molecule has 1 aliphatic heterocycles. The second-order valence-electron chi connectivity index (χ2n) is 8.18. The highest BCUT2D eigenvalue weighted by atomic mass is 16.3. The number of nitrogens with zero attached hydrogens (tertiary/aromatic N) is 4. The average molecular weight is 363 g/mol. The average Bonchev–Trinajstić information content (AvgIpc) is 3.04. The third-order valence-electron chi connectivity index (χ3n) is 5.73. The van der Waals surface area contributed by atoms with E-state index in [4.69, 9.17) is 0 Å². The van der Waals surface area contributed by atoms with Crippen molar-refractivity contribution in [1.82, 2.24) is 19.6 Å². The van der Waals surface area contributed by atoms with Gasteiger partial charge in [0.05, 0.1) is 11.8 Å². The molecule has 0 bridgehead atoms. The lowest BCUT2D eigenvalue weighted by molar-refractivity contribution is -0.00193. The van der Waals surface area contributed by atoms with E-state index < -0.39 is 0 Å². The van der Waals surface area contributed by atoms with E-state index in [1.165, 1.54) is 6.42 Å². The van der Waals surface area contributed by atoms with Gasteiger partial charge in [0.25, 0.3) is 5.91 Å². The lowest BCUT2D eigenvalue weighted by Crippen LogP contribution is -2.55. The molecule has 0 aromatic carbocycles. The normalized spacial score (nSPS) is 25.0. The van der Waals surface area contributed by atoms with Gasteiger partial charge in [0.2, 0.25) is 0 Å². The zero-order chi connectivity index (χ0) is 18.7. The molecule has 1 aromatic heterocycles. The fourth-order valence-corrected chi connectivity index (χ4v) is 4.34. The van der Waals surface area contributed by atoms with Crippen LogP contribution >= 0.6 is 0 Å². The Labute approximate surface area is 157 Å². The highest BCUT2D eigenvalue weighted by molar-refractivity contribution is 5.92. The van der Waals surface area contributed by atoms with Crippen molar-refractivity contribution in [3.8, 4) is 0 Å². The fraction of sp³-hybridized carbons (Fsp3) is 0.800. The number of hydrogen-bond donors (Lipinski definition) is 1. The quantitative estimate of drug-likeness (QED) is 0.872. The van der Waals surface area contributed by atoms with E-state index >= 15 is 0 Å². The molecule has 0 spiro atoms. The molecule has 2 fully saturated rings. The van der Waals surface area contributed by atoms with Crippen molar-refractivity contribution in [2.75, 3.05) is 26.2 Å². The number of carbonyl (C=O) groups excluding carboxylic acids is 1. The van der Waals surface area contributed by atoms with Gasteiger partial charge in [-0.2, -0.15) is 5.10 Å². The maximum atomic E-state index is 13.0. The summed E-state index contributed by atoms with van der Waals surface area (Å²) in [5.41, 5.74) is 1.73. The first-order valence-corrected chi connectivity index (χ1v) is 10.3. The zero-order valence-corrected chi connectivity index (χ0v) is 16.5. The van der Waals surface area contributed by atoms with Crippen molar-refractivity contribution in [1.29, 1.82) is 0 Å². The van der Waals surface area contributed by atoms with Crippen molar-refractivity contribution >= 4 is 5.91 Å². The van der Waals surface area contributed by atoms with E-state index in [-0.39, 0.29) is 18.1 Å². The summed E-state index contributed by atoms with van der Waals surface area (Å²) in [4.78, 5) is 17.4. The van der Waals surface area contributed by atoms with Crippen LogP contribution in [-0.2, 0) is 13.0 Å². The molecule has 3 rings (SSSR count). The van der Waals surface area contributed by atoms with Crippen molar-refractivity contribution < 1.29 is 9.90 Å². The van der Waals surface area contributed by atoms with Crippen molar-refractivity contribution in [2.45, 2.75) is 71.6 Å². The molecule has 6 nitrogen and oxygen atoms in total.